The van der Waals surface area contributed by atoms with E-state index in [4.69, 9.17) is 14.8 Å². The van der Waals surface area contributed by atoms with Crippen LogP contribution in [0.15, 0.2) is 48.5 Å². The third-order valence-electron chi connectivity index (χ3n) is 2.67. The van der Waals surface area contributed by atoms with Crippen molar-refractivity contribution in [1.29, 1.82) is 0 Å². The van der Waals surface area contributed by atoms with Gasteiger partial charge in [-0.2, -0.15) is 0 Å². The highest BCUT2D eigenvalue weighted by Gasteiger charge is 2.10. The Kier molecular flexibility index (Phi) is 4.39. The molecule has 0 heterocycles. The lowest BCUT2D eigenvalue weighted by atomic mass is 9.80. The molecule has 0 radical (unpaired) electrons. The summed E-state index contributed by atoms with van der Waals surface area (Å²) >= 11 is 0. The van der Waals surface area contributed by atoms with Crippen LogP contribution >= 0.6 is 0 Å². The number of benzene rings is 2. The van der Waals surface area contributed by atoms with Gasteiger partial charge in [-0.25, -0.2) is 4.79 Å². The van der Waals surface area contributed by atoms with Crippen molar-refractivity contribution in [2.24, 2.45) is 0 Å². The lowest BCUT2D eigenvalue weighted by Gasteiger charge is -2.07. The molecule has 2 N–H and O–H groups in total. The number of hydrogen-bond donors (Lipinski definition) is 2. The zero-order valence-corrected chi connectivity index (χ0v) is 10.8. The highest BCUT2D eigenvalue weighted by Crippen LogP contribution is 2.21. The number of rotatable bonds is 4. The molecule has 0 aliphatic heterocycles. The van der Waals surface area contributed by atoms with Crippen molar-refractivity contribution in [3.8, 4) is 11.5 Å². The van der Waals surface area contributed by atoms with Crippen LogP contribution in [0.4, 0.5) is 0 Å². The van der Waals surface area contributed by atoms with E-state index in [1.807, 2.05) is 0 Å². The number of esters is 1. The van der Waals surface area contributed by atoms with Crippen molar-refractivity contribution >= 4 is 18.6 Å². The van der Waals surface area contributed by atoms with Crippen molar-refractivity contribution in [1.82, 2.24) is 0 Å². The third-order valence-corrected chi connectivity index (χ3v) is 2.67. The van der Waals surface area contributed by atoms with E-state index in [0.29, 0.717) is 22.5 Å². The second-order valence-corrected chi connectivity index (χ2v) is 4.06. The first-order chi connectivity index (χ1) is 9.60. The maximum absolute atomic E-state index is 11.4. The molecular formula is C14H17BO5. The Morgan fingerprint density at radius 3 is 2.40 bits per heavy atom. The second kappa shape index (κ2) is 6.23. The monoisotopic (exact) mass is 276 g/mol. The van der Waals surface area contributed by atoms with Crippen LogP contribution in [0.1, 0.15) is 13.2 Å². The maximum Gasteiger partial charge on any atom is 0.488 e. The van der Waals surface area contributed by atoms with Gasteiger partial charge in [-0.3, -0.25) is 0 Å². The smallest absolute Gasteiger partial charge is 0.465 e. The Morgan fingerprint density at radius 2 is 1.80 bits per heavy atom. The van der Waals surface area contributed by atoms with Gasteiger partial charge in [-0.1, -0.05) is 18.2 Å². The van der Waals surface area contributed by atoms with Crippen LogP contribution in [-0.2, 0) is 4.74 Å². The molecule has 2 aromatic rings. The van der Waals surface area contributed by atoms with Crippen LogP contribution in [0.2, 0.25) is 0 Å². The molecule has 20 heavy (non-hydrogen) atoms. The van der Waals surface area contributed by atoms with E-state index in [9.17, 15) is 4.79 Å². The molecule has 0 atom stereocenters. The number of methoxy groups -OCH3 is 1. The minimum atomic E-state index is -1.51. The van der Waals surface area contributed by atoms with Gasteiger partial charge in [0.25, 0.3) is 0 Å². The van der Waals surface area contributed by atoms with Crippen LogP contribution in [0.25, 0.3) is 0 Å². The molecule has 0 aromatic heterocycles. The molecule has 0 fully saturated rings. The molecule has 0 saturated heterocycles. The minimum Gasteiger partial charge on any atom is -0.465 e. The summed E-state index contributed by atoms with van der Waals surface area (Å²) in [4.78, 5) is 11.4. The van der Waals surface area contributed by atoms with E-state index in [1.165, 1.54) is 7.11 Å². The summed E-state index contributed by atoms with van der Waals surface area (Å²) in [6.45, 7) is 0. The van der Waals surface area contributed by atoms with Gasteiger partial charge in [0, 0.05) is 2.85 Å². The zero-order valence-electron chi connectivity index (χ0n) is 10.8. The third kappa shape index (κ3) is 3.37. The highest BCUT2D eigenvalue weighted by molar-refractivity contribution is 6.58. The SMILES string of the molecule is COC(=O)c1cccc(Oc2ccc(B(O)O)cc2)c1.[HH].[HH]. The first-order valence-electron chi connectivity index (χ1n) is 5.92. The standard InChI is InChI=1S/C14H13BO5.2H2/c1-19-14(16)10-3-2-4-13(9-10)20-12-7-5-11(6-8-12)15(17)18;;/h2-9,17-18H,1H3;2*1H. The van der Waals surface area contributed by atoms with Crippen LogP contribution in [0.3, 0.4) is 0 Å². The van der Waals surface area contributed by atoms with Gasteiger partial charge in [0.05, 0.1) is 12.7 Å². The van der Waals surface area contributed by atoms with Crippen molar-refractivity contribution in [3.05, 3.63) is 54.1 Å². The van der Waals surface area contributed by atoms with Gasteiger partial charge in [0.15, 0.2) is 0 Å². The molecule has 0 saturated carbocycles. The van der Waals surface area contributed by atoms with Gasteiger partial charge in [0.2, 0.25) is 0 Å². The first kappa shape index (κ1) is 14.1. The molecule has 106 valence electrons. The van der Waals surface area contributed by atoms with Crippen molar-refractivity contribution < 1.29 is 27.2 Å². The topological polar surface area (TPSA) is 76.0 Å². The normalized spacial score (nSPS) is 9.95. The molecule has 0 spiro atoms. The van der Waals surface area contributed by atoms with E-state index >= 15 is 0 Å². The number of carbonyl (C=O) groups excluding carboxylic acids is 1. The Balaban J connectivity index is 0.00000220. The van der Waals surface area contributed by atoms with Crippen molar-refractivity contribution in [2.75, 3.05) is 7.11 Å². The maximum atomic E-state index is 11.4. The summed E-state index contributed by atoms with van der Waals surface area (Å²) < 4.78 is 10.2. The minimum absolute atomic E-state index is 0. The van der Waals surface area contributed by atoms with E-state index in [0.717, 1.165) is 0 Å². The fourth-order valence-corrected chi connectivity index (χ4v) is 1.65. The molecular weight excluding hydrogens is 259 g/mol. The van der Waals surface area contributed by atoms with Gasteiger partial charge in [0.1, 0.15) is 11.5 Å². The molecule has 2 aromatic carbocycles. The van der Waals surface area contributed by atoms with E-state index in [-0.39, 0.29) is 2.85 Å². The molecule has 5 nitrogen and oxygen atoms in total. The highest BCUT2D eigenvalue weighted by atomic mass is 16.5. The van der Waals surface area contributed by atoms with E-state index < -0.39 is 13.1 Å². The molecule has 0 bridgehead atoms. The van der Waals surface area contributed by atoms with Crippen LogP contribution in [0, 0.1) is 0 Å². The van der Waals surface area contributed by atoms with Crippen LogP contribution < -0.4 is 10.2 Å². The number of carbonyl (C=O) groups is 1. The summed E-state index contributed by atoms with van der Waals surface area (Å²) in [5.74, 6) is 0.579. The quantitative estimate of drug-likeness (QED) is 0.652. The average Bonchev–Trinajstić information content (AvgIpc) is 2.47. The van der Waals surface area contributed by atoms with Gasteiger partial charge in [-0.15, -0.1) is 0 Å². The Labute approximate surface area is 119 Å². The summed E-state index contributed by atoms with van der Waals surface area (Å²) in [6.07, 6.45) is 0. The predicted octanol–water partition coefficient (Wildman–Crippen LogP) is 1.44. The molecule has 0 unspecified atom stereocenters. The zero-order chi connectivity index (χ0) is 14.5. The van der Waals surface area contributed by atoms with Crippen molar-refractivity contribution in [3.63, 3.8) is 0 Å². The Hall–Kier alpha value is -2.31. The number of hydrogen-bond acceptors (Lipinski definition) is 5. The van der Waals surface area contributed by atoms with Gasteiger partial charge < -0.3 is 19.5 Å². The summed E-state index contributed by atoms with van der Waals surface area (Å²) in [5.41, 5.74) is 0.771. The van der Waals surface area contributed by atoms with Gasteiger partial charge >= 0.3 is 13.1 Å². The summed E-state index contributed by atoms with van der Waals surface area (Å²) in [7, 11) is -0.193. The lowest BCUT2D eigenvalue weighted by molar-refractivity contribution is 0.0600. The molecule has 0 amide bonds. The van der Waals surface area contributed by atoms with Gasteiger partial charge in [-0.05, 0) is 35.8 Å². The van der Waals surface area contributed by atoms with Crippen LogP contribution in [0.5, 0.6) is 11.5 Å². The first-order valence-corrected chi connectivity index (χ1v) is 5.92. The lowest BCUT2D eigenvalue weighted by Crippen LogP contribution is -2.29. The summed E-state index contributed by atoms with van der Waals surface area (Å²) in [5, 5.41) is 18.0. The van der Waals surface area contributed by atoms with E-state index in [1.54, 1.807) is 48.5 Å². The molecule has 6 heteroatoms. The largest absolute Gasteiger partial charge is 0.488 e. The van der Waals surface area contributed by atoms with Crippen molar-refractivity contribution in [2.45, 2.75) is 0 Å². The number of ether oxygens (including phenoxy) is 2. The Bertz CT molecular complexity index is 604. The van der Waals surface area contributed by atoms with E-state index in [2.05, 4.69) is 4.74 Å². The van der Waals surface area contributed by atoms with Crippen LogP contribution in [-0.4, -0.2) is 30.2 Å². The average molecular weight is 276 g/mol. The molecule has 0 aliphatic carbocycles. The molecule has 0 aliphatic rings. The molecule has 2 rings (SSSR count). The second-order valence-electron chi connectivity index (χ2n) is 4.06. The fourth-order valence-electron chi connectivity index (χ4n) is 1.65. The fraction of sp³-hybridized carbons (Fsp3) is 0.0714. The Morgan fingerprint density at radius 1 is 1.10 bits per heavy atom. The summed E-state index contributed by atoms with van der Waals surface area (Å²) in [6, 6.07) is 12.9. The predicted molar refractivity (Wildman–Crippen MR) is 78.4 cm³/mol.